The van der Waals surface area contributed by atoms with Gasteiger partial charge in [0.05, 0.1) is 27.3 Å². The summed E-state index contributed by atoms with van der Waals surface area (Å²) in [5.41, 5.74) is 0.483. The first-order valence-corrected chi connectivity index (χ1v) is 8.02. The molecule has 1 aliphatic rings. The Morgan fingerprint density at radius 1 is 1.12 bits per heavy atom. The first-order valence-electron chi connectivity index (χ1n) is 7.27. The summed E-state index contributed by atoms with van der Waals surface area (Å²) in [7, 11) is 0. The van der Waals surface area contributed by atoms with E-state index in [1.807, 2.05) is 0 Å². The Morgan fingerprint density at radius 2 is 1.79 bits per heavy atom. The predicted octanol–water partition coefficient (Wildman–Crippen LogP) is 4.12. The van der Waals surface area contributed by atoms with E-state index in [0.29, 0.717) is 15.7 Å². The highest BCUT2D eigenvalue weighted by Crippen LogP contribution is 2.32. The van der Waals surface area contributed by atoms with Crippen LogP contribution in [0.5, 0.6) is 0 Å². The minimum Gasteiger partial charge on any atom is -0.323 e. The number of benzene rings is 2. The van der Waals surface area contributed by atoms with Gasteiger partial charge in [0.1, 0.15) is 5.82 Å². The Kier molecular flexibility index (Phi) is 4.73. The lowest BCUT2D eigenvalue weighted by atomic mass is 10.1. The maximum atomic E-state index is 13.9. The largest absolute Gasteiger partial charge is 0.323 e. The van der Waals surface area contributed by atoms with Crippen LogP contribution in [0.3, 0.4) is 0 Å². The van der Waals surface area contributed by atoms with Crippen molar-refractivity contribution >= 4 is 46.4 Å². The van der Waals surface area contributed by atoms with Crippen molar-refractivity contribution in [2.75, 3.05) is 16.8 Å². The van der Waals surface area contributed by atoms with E-state index >= 15 is 0 Å². The van der Waals surface area contributed by atoms with E-state index < -0.39 is 11.7 Å². The first-order chi connectivity index (χ1) is 11.5. The molecule has 0 aliphatic carbocycles. The lowest BCUT2D eigenvalue weighted by Gasteiger charge is -2.17. The van der Waals surface area contributed by atoms with Gasteiger partial charge in [-0.15, -0.1) is 0 Å². The van der Waals surface area contributed by atoms with Gasteiger partial charge in [-0.3, -0.25) is 9.59 Å². The zero-order chi connectivity index (χ0) is 17.3. The SMILES string of the molecule is O=C(Nc1c(Cl)cccc1Cl)C1CC(=O)N(c2ccccc2F)C1. The monoisotopic (exact) mass is 366 g/mol. The molecule has 124 valence electrons. The smallest absolute Gasteiger partial charge is 0.229 e. The van der Waals surface area contributed by atoms with Crippen LogP contribution in [0.1, 0.15) is 6.42 Å². The first kappa shape index (κ1) is 16.7. The molecule has 7 heteroatoms. The van der Waals surface area contributed by atoms with Crippen LogP contribution in [-0.2, 0) is 9.59 Å². The molecule has 0 bridgehead atoms. The highest BCUT2D eigenvalue weighted by molar-refractivity contribution is 6.39. The van der Waals surface area contributed by atoms with Gasteiger partial charge in [0.15, 0.2) is 0 Å². The molecule has 1 aliphatic heterocycles. The average molecular weight is 367 g/mol. The molecule has 2 amide bonds. The number of para-hydroxylation sites is 2. The highest BCUT2D eigenvalue weighted by Gasteiger charge is 2.36. The fraction of sp³-hybridized carbons (Fsp3) is 0.176. The van der Waals surface area contributed by atoms with E-state index in [9.17, 15) is 14.0 Å². The molecule has 0 saturated carbocycles. The predicted molar refractivity (Wildman–Crippen MR) is 92.0 cm³/mol. The number of halogens is 3. The minimum atomic E-state index is -0.607. The second-order valence-electron chi connectivity index (χ2n) is 5.44. The van der Waals surface area contributed by atoms with Crippen molar-refractivity contribution in [1.82, 2.24) is 0 Å². The van der Waals surface area contributed by atoms with Gasteiger partial charge in [0.25, 0.3) is 0 Å². The Balaban J connectivity index is 1.76. The van der Waals surface area contributed by atoms with Crippen molar-refractivity contribution in [2.45, 2.75) is 6.42 Å². The maximum absolute atomic E-state index is 13.9. The highest BCUT2D eigenvalue weighted by atomic mass is 35.5. The van der Waals surface area contributed by atoms with Crippen LogP contribution >= 0.6 is 23.2 Å². The molecule has 1 atom stereocenters. The summed E-state index contributed by atoms with van der Waals surface area (Å²) in [5, 5.41) is 3.27. The van der Waals surface area contributed by atoms with Crippen LogP contribution in [0.4, 0.5) is 15.8 Å². The van der Waals surface area contributed by atoms with Gasteiger partial charge >= 0.3 is 0 Å². The molecular weight excluding hydrogens is 354 g/mol. The van der Waals surface area contributed by atoms with Crippen LogP contribution in [0.15, 0.2) is 42.5 Å². The normalized spacial score (nSPS) is 17.2. The van der Waals surface area contributed by atoms with E-state index in [4.69, 9.17) is 23.2 Å². The molecule has 1 heterocycles. The number of nitrogens with zero attached hydrogens (tertiary/aromatic N) is 1. The van der Waals surface area contributed by atoms with Gasteiger partial charge in [-0.25, -0.2) is 4.39 Å². The zero-order valence-corrected chi connectivity index (χ0v) is 13.9. The Labute approximate surface area is 148 Å². The van der Waals surface area contributed by atoms with Gasteiger partial charge in [0, 0.05) is 13.0 Å². The van der Waals surface area contributed by atoms with Gasteiger partial charge in [-0.1, -0.05) is 41.4 Å². The molecular formula is C17H13Cl2FN2O2. The number of nitrogens with one attached hydrogen (secondary N) is 1. The van der Waals surface area contributed by atoms with Gasteiger partial charge in [0.2, 0.25) is 11.8 Å². The summed E-state index contributed by atoms with van der Waals surface area (Å²) in [5.74, 6) is -1.78. The molecule has 3 rings (SSSR count). The van der Waals surface area contributed by atoms with E-state index in [2.05, 4.69) is 5.32 Å². The number of hydrogen-bond donors (Lipinski definition) is 1. The number of carbonyl (C=O) groups excluding carboxylic acids is 2. The molecule has 1 fully saturated rings. The fourth-order valence-corrected chi connectivity index (χ4v) is 3.12. The second kappa shape index (κ2) is 6.79. The molecule has 1 unspecified atom stereocenters. The quantitative estimate of drug-likeness (QED) is 0.887. The molecule has 4 nitrogen and oxygen atoms in total. The van der Waals surface area contributed by atoms with E-state index in [-0.39, 0.29) is 30.5 Å². The third-order valence-corrected chi connectivity index (χ3v) is 4.48. The summed E-state index contributed by atoms with van der Waals surface area (Å²) < 4.78 is 13.9. The molecule has 24 heavy (non-hydrogen) atoms. The summed E-state index contributed by atoms with van der Waals surface area (Å²) in [6.07, 6.45) is 0.00222. The number of carbonyl (C=O) groups is 2. The topological polar surface area (TPSA) is 49.4 Å². The third-order valence-electron chi connectivity index (χ3n) is 3.85. The molecule has 0 aromatic heterocycles. The van der Waals surface area contributed by atoms with Crippen molar-refractivity contribution in [3.8, 4) is 0 Å². The lowest BCUT2D eigenvalue weighted by Crippen LogP contribution is -2.28. The average Bonchev–Trinajstić information content (AvgIpc) is 2.93. The van der Waals surface area contributed by atoms with E-state index in [1.165, 1.54) is 17.0 Å². The van der Waals surface area contributed by atoms with Crippen molar-refractivity contribution in [2.24, 2.45) is 5.92 Å². The summed E-state index contributed by atoms with van der Waals surface area (Å²) in [6, 6.07) is 10.9. The second-order valence-corrected chi connectivity index (χ2v) is 6.26. The molecule has 0 radical (unpaired) electrons. The van der Waals surface area contributed by atoms with Crippen LogP contribution in [-0.4, -0.2) is 18.4 Å². The zero-order valence-electron chi connectivity index (χ0n) is 12.4. The van der Waals surface area contributed by atoms with Crippen molar-refractivity contribution in [3.63, 3.8) is 0 Å². The Morgan fingerprint density at radius 3 is 2.46 bits per heavy atom. The van der Waals surface area contributed by atoms with Gasteiger partial charge < -0.3 is 10.2 Å². The standard InChI is InChI=1S/C17H13Cl2FN2O2/c18-11-4-3-5-12(19)16(11)21-17(24)10-8-15(23)22(9-10)14-7-2-1-6-13(14)20/h1-7,10H,8-9H2,(H,21,24). The number of amides is 2. The maximum Gasteiger partial charge on any atom is 0.229 e. The molecule has 2 aromatic rings. The van der Waals surface area contributed by atoms with Crippen LogP contribution < -0.4 is 10.2 Å². The molecule has 1 N–H and O–H groups in total. The van der Waals surface area contributed by atoms with Crippen molar-refractivity contribution in [1.29, 1.82) is 0 Å². The Bertz CT molecular complexity index is 793. The van der Waals surface area contributed by atoms with Crippen molar-refractivity contribution in [3.05, 3.63) is 58.3 Å². The van der Waals surface area contributed by atoms with Gasteiger partial charge in [-0.2, -0.15) is 0 Å². The molecule has 0 spiro atoms. The Hall–Kier alpha value is -2.11. The van der Waals surface area contributed by atoms with Gasteiger partial charge in [-0.05, 0) is 24.3 Å². The van der Waals surface area contributed by atoms with Crippen LogP contribution in [0, 0.1) is 11.7 Å². The van der Waals surface area contributed by atoms with E-state index in [1.54, 1.807) is 30.3 Å². The fourth-order valence-electron chi connectivity index (χ4n) is 2.63. The van der Waals surface area contributed by atoms with Crippen LogP contribution in [0.25, 0.3) is 0 Å². The number of rotatable bonds is 3. The molecule has 2 aromatic carbocycles. The van der Waals surface area contributed by atoms with E-state index in [0.717, 1.165) is 0 Å². The summed E-state index contributed by atoms with van der Waals surface area (Å²) in [4.78, 5) is 25.9. The van der Waals surface area contributed by atoms with Crippen molar-refractivity contribution < 1.29 is 14.0 Å². The third kappa shape index (κ3) is 3.23. The number of anilines is 2. The summed E-state index contributed by atoms with van der Waals surface area (Å²) >= 11 is 12.1. The molecule has 1 saturated heterocycles. The number of hydrogen-bond acceptors (Lipinski definition) is 2. The summed E-state index contributed by atoms with van der Waals surface area (Å²) in [6.45, 7) is 0.105. The van der Waals surface area contributed by atoms with Crippen LogP contribution in [0.2, 0.25) is 10.0 Å². The lowest BCUT2D eigenvalue weighted by molar-refractivity contribution is -0.122. The minimum absolute atomic E-state index is 0.00222.